The number of amides is 1. The Bertz CT molecular complexity index is 1590. The number of hydrogen-bond donors (Lipinski definition) is 1. The first-order valence-electron chi connectivity index (χ1n) is 11.1. The van der Waals surface area contributed by atoms with Crippen LogP contribution in [0.1, 0.15) is 13.3 Å². The second-order valence-electron chi connectivity index (χ2n) is 7.75. The number of rotatable bonds is 8. The summed E-state index contributed by atoms with van der Waals surface area (Å²) in [4.78, 5) is 25.7. The van der Waals surface area contributed by atoms with Gasteiger partial charge in [-0.25, -0.2) is 36.9 Å². The monoisotopic (exact) mass is 559 g/mol. The molecule has 0 spiro atoms. The summed E-state index contributed by atoms with van der Waals surface area (Å²) in [6, 6.07) is 10.3. The molecule has 4 aromatic rings. The van der Waals surface area contributed by atoms with Gasteiger partial charge in [0, 0.05) is 36.6 Å². The van der Waals surface area contributed by atoms with E-state index in [-0.39, 0.29) is 45.1 Å². The maximum Gasteiger partial charge on any atom is 0.265 e. The Kier molecular flexibility index (Phi) is 7.83. The Labute approximate surface area is 222 Å². The van der Waals surface area contributed by atoms with Crippen LogP contribution in [0.2, 0.25) is 5.02 Å². The first kappa shape index (κ1) is 26.9. The SMILES string of the molecule is CCC(=O)N(c1ccc(S(=O)(=O)Nc2ncccn2)cn1)c1cc(F)c(-c2ccc(F)c(Cl)c2)cc1OC. The topological polar surface area (TPSA) is 114 Å². The molecule has 2 aromatic carbocycles. The summed E-state index contributed by atoms with van der Waals surface area (Å²) in [5.41, 5.74) is 0.405. The van der Waals surface area contributed by atoms with E-state index >= 15 is 4.39 Å². The van der Waals surface area contributed by atoms with E-state index in [1.54, 1.807) is 6.92 Å². The van der Waals surface area contributed by atoms with Gasteiger partial charge in [-0.15, -0.1) is 0 Å². The number of anilines is 3. The molecule has 0 fully saturated rings. The van der Waals surface area contributed by atoms with Gasteiger partial charge in [-0.1, -0.05) is 24.6 Å². The molecule has 196 valence electrons. The number of carbonyl (C=O) groups excluding carboxylic acids is 1. The van der Waals surface area contributed by atoms with Crippen LogP contribution in [0, 0.1) is 11.6 Å². The number of halogens is 3. The molecule has 4 rings (SSSR count). The summed E-state index contributed by atoms with van der Waals surface area (Å²) >= 11 is 5.86. The van der Waals surface area contributed by atoms with Gasteiger partial charge in [-0.05, 0) is 42.0 Å². The van der Waals surface area contributed by atoms with Crippen LogP contribution < -0.4 is 14.4 Å². The second kappa shape index (κ2) is 11.1. The van der Waals surface area contributed by atoms with Crippen LogP contribution >= 0.6 is 11.6 Å². The summed E-state index contributed by atoms with van der Waals surface area (Å²) in [7, 11) is -2.73. The van der Waals surface area contributed by atoms with Gasteiger partial charge in [-0.3, -0.25) is 9.69 Å². The summed E-state index contributed by atoms with van der Waals surface area (Å²) in [6.45, 7) is 1.61. The number of methoxy groups -OCH3 is 1. The molecular formula is C25H20ClF2N5O4S. The normalized spacial score (nSPS) is 11.2. The molecule has 0 aliphatic carbocycles. The molecule has 2 aromatic heterocycles. The molecule has 38 heavy (non-hydrogen) atoms. The molecule has 2 heterocycles. The van der Waals surface area contributed by atoms with Crippen LogP contribution in [-0.2, 0) is 14.8 Å². The van der Waals surface area contributed by atoms with Crippen molar-refractivity contribution >= 4 is 45.0 Å². The average molecular weight is 560 g/mol. The molecule has 9 nitrogen and oxygen atoms in total. The molecular weight excluding hydrogens is 540 g/mol. The summed E-state index contributed by atoms with van der Waals surface area (Å²) < 4.78 is 62.0. The van der Waals surface area contributed by atoms with Crippen LogP contribution in [-0.4, -0.2) is 36.4 Å². The lowest BCUT2D eigenvalue weighted by molar-refractivity contribution is -0.117. The van der Waals surface area contributed by atoms with Crippen LogP contribution in [0.15, 0.2) is 72.0 Å². The van der Waals surface area contributed by atoms with Gasteiger partial charge < -0.3 is 4.74 Å². The molecule has 13 heteroatoms. The summed E-state index contributed by atoms with van der Waals surface area (Å²) in [6.07, 6.45) is 3.83. The van der Waals surface area contributed by atoms with Crippen LogP contribution in [0.3, 0.4) is 0 Å². The Hall–Kier alpha value is -4.16. The van der Waals surface area contributed by atoms with Gasteiger partial charge in [0.15, 0.2) is 0 Å². The predicted octanol–water partition coefficient (Wildman–Crippen LogP) is 5.35. The Morgan fingerprint density at radius 3 is 2.39 bits per heavy atom. The zero-order valence-electron chi connectivity index (χ0n) is 20.0. The fourth-order valence-corrected chi connectivity index (χ4v) is 4.59. The highest BCUT2D eigenvalue weighted by atomic mass is 35.5. The summed E-state index contributed by atoms with van der Waals surface area (Å²) in [5.74, 6) is -1.82. The molecule has 1 N–H and O–H groups in total. The Morgan fingerprint density at radius 1 is 1.05 bits per heavy atom. The van der Waals surface area contributed by atoms with Crippen molar-refractivity contribution in [2.24, 2.45) is 0 Å². The lowest BCUT2D eigenvalue weighted by atomic mass is 10.0. The fourth-order valence-electron chi connectivity index (χ4n) is 3.50. The lowest BCUT2D eigenvalue weighted by Crippen LogP contribution is -2.26. The van der Waals surface area contributed by atoms with Crippen molar-refractivity contribution in [2.45, 2.75) is 18.2 Å². The van der Waals surface area contributed by atoms with Crippen LogP contribution in [0.5, 0.6) is 5.75 Å². The number of benzene rings is 2. The number of carbonyl (C=O) groups is 1. The fraction of sp³-hybridized carbons (Fsp3) is 0.120. The smallest absolute Gasteiger partial charge is 0.265 e. The van der Waals surface area contributed by atoms with Crippen molar-refractivity contribution < 1.29 is 26.7 Å². The third kappa shape index (κ3) is 5.55. The van der Waals surface area contributed by atoms with Crippen molar-refractivity contribution in [3.63, 3.8) is 0 Å². The van der Waals surface area contributed by atoms with E-state index in [4.69, 9.17) is 16.3 Å². The van der Waals surface area contributed by atoms with Crippen molar-refractivity contribution in [3.05, 3.63) is 83.8 Å². The highest BCUT2D eigenvalue weighted by molar-refractivity contribution is 7.92. The van der Waals surface area contributed by atoms with E-state index < -0.39 is 27.6 Å². The zero-order valence-corrected chi connectivity index (χ0v) is 21.6. The van der Waals surface area contributed by atoms with Gasteiger partial charge in [0.2, 0.25) is 11.9 Å². The van der Waals surface area contributed by atoms with E-state index in [0.717, 1.165) is 23.2 Å². The molecule has 0 radical (unpaired) electrons. The zero-order chi connectivity index (χ0) is 27.4. The van der Waals surface area contributed by atoms with E-state index in [0.29, 0.717) is 5.56 Å². The summed E-state index contributed by atoms with van der Waals surface area (Å²) in [5, 5.41) is -0.180. The maximum absolute atomic E-state index is 15.3. The number of aromatic nitrogens is 3. The van der Waals surface area contributed by atoms with Gasteiger partial charge in [0.25, 0.3) is 10.0 Å². The third-order valence-corrected chi connectivity index (χ3v) is 6.95. The molecule has 0 saturated carbocycles. The van der Waals surface area contributed by atoms with Gasteiger partial charge in [-0.2, -0.15) is 0 Å². The van der Waals surface area contributed by atoms with E-state index in [9.17, 15) is 17.6 Å². The molecule has 0 bridgehead atoms. The highest BCUT2D eigenvalue weighted by Gasteiger charge is 2.25. The number of sulfonamides is 1. The van der Waals surface area contributed by atoms with Crippen molar-refractivity contribution in [3.8, 4) is 16.9 Å². The standard InChI is InChI=1S/C25H20ClF2N5O4S/c1-3-24(34)33(23-8-6-16(14-31-23)38(35,36)32-25-29-9-4-10-30-25)21-13-20(28)17(12-22(21)37-2)15-5-7-19(27)18(26)11-15/h4-14H,3H2,1-2H3,(H,29,30,32). The van der Waals surface area contributed by atoms with Crippen LogP contribution in [0.4, 0.5) is 26.2 Å². The number of pyridine rings is 1. The quantitative estimate of drug-likeness (QED) is 0.309. The van der Waals surface area contributed by atoms with Gasteiger partial charge >= 0.3 is 0 Å². The number of ether oxygens (including phenoxy) is 1. The predicted molar refractivity (Wildman–Crippen MR) is 138 cm³/mol. The third-order valence-electron chi connectivity index (χ3n) is 5.34. The van der Waals surface area contributed by atoms with Gasteiger partial charge in [0.1, 0.15) is 28.1 Å². The molecule has 0 aliphatic rings. The minimum Gasteiger partial charge on any atom is -0.495 e. The van der Waals surface area contributed by atoms with Crippen molar-refractivity contribution in [1.82, 2.24) is 15.0 Å². The highest BCUT2D eigenvalue weighted by Crippen LogP contribution is 2.39. The van der Waals surface area contributed by atoms with Crippen LogP contribution in [0.25, 0.3) is 11.1 Å². The minimum absolute atomic E-state index is 0.0225. The van der Waals surface area contributed by atoms with Crippen molar-refractivity contribution in [1.29, 1.82) is 0 Å². The Balaban J connectivity index is 1.74. The Morgan fingerprint density at radius 2 is 1.79 bits per heavy atom. The molecule has 0 saturated heterocycles. The molecule has 1 amide bonds. The number of nitrogens with zero attached hydrogens (tertiary/aromatic N) is 4. The van der Waals surface area contributed by atoms with E-state index in [1.165, 1.54) is 55.9 Å². The van der Waals surface area contributed by atoms with E-state index in [2.05, 4.69) is 19.7 Å². The first-order valence-corrected chi connectivity index (χ1v) is 12.9. The first-order chi connectivity index (χ1) is 18.1. The molecule has 0 unspecified atom stereocenters. The average Bonchev–Trinajstić information content (AvgIpc) is 2.91. The second-order valence-corrected chi connectivity index (χ2v) is 9.84. The lowest BCUT2D eigenvalue weighted by Gasteiger charge is -2.24. The van der Waals surface area contributed by atoms with E-state index in [1.807, 2.05) is 0 Å². The van der Waals surface area contributed by atoms with Gasteiger partial charge in [0.05, 0.1) is 17.8 Å². The molecule has 0 atom stereocenters. The molecule has 0 aliphatic heterocycles. The minimum atomic E-state index is -4.07. The van der Waals surface area contributed by atoms with Crippen molar-refractivity contribution in [2.75, 3.05) is 16.7 Å². The number of nitrogens with one attached hydrogen (secondary N) is 1. The largest absolute Gasteiger partial charge is 0.495 e. The number of hydrogen-bond acceptors (Lipinski definition) is 7. The maximum atomic E-state index is 15.3.